The van der Waals surface area contributed by atoms with Gasteiger partial charge in [0, 0.05) is 18.5 Å². The molecule has 9 heteroatoms. The van der Waals surface area contributed by atoms with E-state index in [2.05, 4.69) is 10.3 Å². The topological polar surface area (TPSA) is 110 Å². The van der Waals surface area contributed by atoms with Crippen molar-refractivity contribution in [3.8, 4) is 11.4 Å². The summed E-state index contributed by atoms with van der Waals surface area (Å²) in [7, 11) is 1.59. The van der Waals surface area contributed by atoms with Crippen LogP contribution in [0, 0.1) is 0 Å². The average molecular weight is 438 g/mol. The number of rotatable bonds is 11. The number of unbranched alkanes of at least 4 members (excludes halogenated alkanes) is 2. The van der Waals surface area contributed by atoms with Crippen LogP contribution in [0.3, 0.4) is 0 Å². The van der Waals surface area contributed by atoms with Gasteiger partial charge in [0.15, 0.2) is 0 Å². The molecule has 0 atom stereocenters. The molecule has 32 heavy (non-hydrogen) atoms. The number of ether oxygens (including phenoxy) is 1. The highest BCUT2D eigenvalue weighted by Crippen LogP contribution is 2.22. The normalized spacial score (nSPS) is 10.6. The summed E-state index contributed by atoms with van der Waals surface area (Å²) < 4.78 is 6.90. The Kier molecular flexibility index (Phi) is 8.33. The Bertz CT molecular complexity index is 1000. The van der Waals surface area contributed by atoms with Gasteiger partial charge in [-0.3, -0.25) is 14.8 Å². The molecule has 0 saturated carbocycles. The Hall–Kier alpha value is -3.72. The number of benzene rings is 2. The van der Waals surface area contributed by atoms with Crippen LogP contribution >= 0.6 is 0 Å². The molecule has 3 rings (SSSR count). The number of para-hydroxylation sites is 1. The summed E-state index contributed by atoms with van der Waals surface area (Å²) in [6, 6.07) is 16.9. The highest BCUT2D eigenvalue weighted by molar-refractivity contribution is 5.93. The van der Waals surface area contributed by atoms with Crippen molar-refractivity contribution in [2.75, 3.05) is 12.0 Å². The highest BCUT2D eigenvalue weighted by Gasteiger charge is 2.18. The van der Waals surface area contributed by atoms with E-state index in [1.54, 1.807) is 22.2 Å². The quantitative estimate of drug-likeness (QED) is 0.271. The number of hydroxylamine groups is 1. The van der Waals surface area contributed by atoms with Crippen LogP contribution in [0.2, 0.25) is 0 Å². The summed E-state index contributed by atoms with van der Waals surface area (Å²) in [6.07, 6.45) is 4.33. The van der Waals surface area contributed by atoms with Crippen molar-refractivity contribution in [3.05, 3.63) is 66.5 Å². The lowest BCUT2D eigenvalue weighted by molar-refractivity contribution is -0.129. The maximum Gasteiger partial charge on any atom is 0.243 e. The molecule has 9 nitrogen and oxygen atoms in total. The van der Waals surface area contributed by atoms with Gasteiger partial charge in [-0.2, -0.15) is 0 Å². The van der Waals surface area contributed by atoms with Crippen LogP contribution in [-0.2, 0) is 16.1 Å². The van der Waals surface area contributed by atoms with Gasteiger partial charge in [0.1, 0.15) is 11.4 Å². The molecule has 0 aliphatic carbocycles. The lowest BCUT2D eigenvalue weighted by atomic mass is 10.1. The van der Waals surface area contributed by atoms with Gasteiger partial charge in [-0.25, -0.2) is 10.2 Å². The average Bonchev–Trinajstić information content (AvgIpc) is 3.31. The Morgan fingerprint density at radius 2 is 1.75 bits per heavy atom. The van der Waals surface area contributed by atoms with Crippen molar-refractivity contribution >= 4 is 17.5 Å². The minimum absolute atomic E-state index is 0.0453. The van der Waals surface area contributed by atoms with Crippen LogP contribution in [-0.4, -0.2) is 39.1 Å². The number of anilines is 1. The molecule has 0 spiro atoms. The maximum atomic E-state index is 13.1. The van der Waals surface area contributed by atoms with E-state index in [-0.39, 0.29) is 18.9 Å². The number of carbonyl (C=O) groups is 2. The molecule has 3 aromatic rings. The molecule has 168 valence electrons. The van der Waals surface area contributed by atoms with Crippen LogP contribution in [0.4, 0.5) is 5.69 Å². The fourth-order valence-corrected chi connectivity index (χ4v) is 3.25. The molecule has 0 unspecified atom stereocenters. The number of hydrogen-bond donors (Lipinski definition) is 2. The zero-order chi connectivity index (χ0) is 22.8. The Labute approximate surface area is 186 Å². The second-order valence-electron chi connectivity index (χ2n) is 7.26. The fourth-order valence-electron chi connectivity index (χ4n) is 3.25. The van der Waals surface area contributed by atoms with Gasteiger partial charge < -0.3 is 9.64 Å². The van der Waals surface area contributed by atoms with Crippen molar-refractivity contribution in [3.63, 3.8) is 0 Å². The summed E-state index contributed by atoms with van der Waals surface area (Å²) >= 11 is 0. The van der Waals surface area contributed by atoms with E-state index < -0.39 is 5.91 Å². The Balaban J connectivity index is 1.69. The van der Waals surface area contributed by atoms with Crippen molar-refractivity contribution in [2.45, 2.75) is 38.6 Å². The number of amides is 2. The highest BCUT2D eigenvalue weighted by atomic mass is 16.5. The third-order valence-electron chi connectivity index (χ3n) is 4.99. The Morgan fingerprint density at radius 1 is 1.03 bits per heavy atom. The molecule has 0 radical (unpaired) electrons. The number of aromatic nitrogens is 3. The number of nitrogens with one attached hydrogen (secondary N) is 1. The van der Waals surface area contributed by atoms with Gasteiger partial charge in [-0.1, -0.05) is 29.8 Å². The molecular formula is C23H27N5O4. The van der Waals surface area contributed by atoms with E-state index >= 15 is 0 Å². The van der Waals surface area contributed by atoms with Crippen LogP contribution in [0.15, 0.2) is 60.8 Å². The predicted octanol–water partition coefficient (Wildman–Crippen LogP) is 3.27. The molecule has 0 saturated heterocycles. The molecule has 0 bridgehead atoms. The zero-order valence-corrected chi connectivity index (χ0v) is 18.0. The largest absolute Gasteiger partial charge is 0.497 e. The lowest BCUT2D eigenvalue weighted by Crippen LogP contribution is -2.30. The van der Waals surface area contributed by atoms with E-state index in [1.165, 1.54) is 0 Å². The summed E-state index contributed by atoms with van der Waals surface area (Å²) in [6.45, 7) is 0.283. The van der Waals surface area contributed by atoms with E-state index in [1.807, 2.05) is 60.8 Å². The third kappa shape index (κ3) is 6.39. The molecule has 0 aliphatic heterocycles. The number of carbonyl (C=O) groups excluding carboxylic acids is 2. The second kappa shape index (κ2) is 11.6. The van der Waals surface area contributed by atoms with Crippen molar-refractivity contribution in [1.82, 2.24) is 20.5 Å². The zero-order valence-electron chi connectivity index (χ0n) is 18.0. The Morgan fingerprint density at radius 3 is 2.44 bits per heavy atom. The fraction of sp³-hybridized carbons (Fsp3) is 0.304. The molecular weight excluding hydrogens is 410 g/mol. The maximum absolute atomic E-state index is 13.1. The monoisotopic (exact) mass is 437 g/mol. The summed E-state index contributed by atoms with van der Waals surface area (Å²) in [5.74, 6) is 0.243. The first-order valence-electron chi connectivity index (χ1n) is 10.4. The van der Waals surface area contributed by atoms with Gasteiger partial charge >= 0.3 is 0 Å². The van der Waals surface area contributed by atoms with E-state index in [9.17, 15) is 9.59 Å². The van der Waals surface area contributed by atoms with E-state index in [4.69, 9.17) is 9.94 Å². The first kappa shape index (κ1) is 23.0. The van der Waals surface area contributed by atoms with Gasteiger partial charge in [0.05, 0.1) is 25.5 Å². The van der Waals surface area contributed by atoms with Crippen LogP contribution < -0.4 is 15.1 Å². The van der Waals surface area contributed by atoms with Gasteiger partial charge in [-0.05, 0) is 49.2 Å². The summed E-state index contributed by atoms with van der Waals surface area (Å²) in [4.78, 5) is 25.8. The molecule has 0 fully saturated rings. The van der Waals surface area contributed by atoms with E-state index in [0.29, 0.717) is 37.1 Å². The van der Waals surface area contributed by atoms with Gasteiger partial charge in [-0.15, -0.1) is 5.10 Å². The smallest absolute Gasteiger partial charge is 0.243 e. The van der Waals surface area contributed by atoms with Crippen LogP contribution in [0.1, 0.15) is 37.8 Å². The summed E-state index contributed by atoms with van der Waals surface area (Å²) in [5.41, 5.74) is 3.91. The van der Waals surface area contributed by atoms with Crippen LogP contribution in [0.5, 0.6) is 5.75 Å². The second-order valence-corrected chi connectivity index (χ2v) is 7.26. The van der Waals surface area contributed by atoms with Crippen molar-refractivity contribution in [1.29, 1.82) is 0 Å². The van der Waals surface area contributed by atoms with Crippen molar-refractivity contribution in [2.24, 2.45) is 0 Å². The molecule has 2 aromatic carbocycles. The molecule has 1 heterocycles. The first-order chi connectivity index (χ1) is 15.6. The minimum Gasteiger partial charge on any atom is -0.497 e. The van der Waals surface area contributed by atoms with Gasteiger partial charge in [0.25, 0.3) is 0 Å². The standard InChI is InChI=1S/C23H27N5O4/c1-32-21-14-12-19(13-15-21)27(23(30)11-7-3-6-10-22(29)25-31)16-18-17-28(26-24-18)20-8-4-2-5-9-20/h2,4-5,8-9,12-15,17,31H,3,6-7,10-11,16H2,1H3,(H,25,29). The van der Waals surface area contributed by atoms with E-state index in [0.717, 1.165) is 11.4 Å². The molecule has 1 aromatic heterocycles. The minimum atomic E-state index is -0.419. The molecule has 2 N–H and O–H groups in total. The third-order valence-corrected chi connectivity index (χ3v) is 4.99. The van der Waals surface area contributed by atoms with Crippen LogP contribution in [0.25, 0.3) is 5.69 Å². The predicted molar refractivity (Wildman–Crippen MR) is 119 cm³/mol. The molecule has 2 amide bonds. The number of methoxy groups -OCH3 is 1. The number of hydrogen-bond acceptors (Lipinski definition) is 6. The summed E-state index contributed by atoms with van der Waals surface area (Å²) in [5, 5.41) is 17.0. The van der Waals surface area contributed by atoms with Gasteiger partial charge in [0.2, 0.25) is 11.8 Å². The molecule has 0 aliphatic rings. The van der Waals surface area contributed by atoms with Crippen molar-refractivity contribution < 1.29 is 19.5 Å². The lowest BCUT2D eigenvalue weighted by Gasteiger charge is -2.22. The number of nitrogens with zero attached hydrogens (tertiary/aromatic N) is 4. The first-order valence-corrected chi connectivity index (χ1v) is 10.4. The SMILES string of the molecule is COc1ccc(N(Cc2cn(-c3ccccc3)nn2)C(=O)CCCCCC(=O)NO)cc1.